The highest BCUT2D eigenvalue weighted by atomic mass is 28.4. The summed E-state index contributed by atoms with van der Waals surface area (Å²) < 4.78 is 6.34. The summed E-state index contributed by atoms with van der Waals surface area (Å²) in [7, 11) is -1.73. The third kappa shape index (κ3) is 3.51. The smallest absolute Gasteiger partial charge is 0.250 e. The maximum atomic E-state index is 6.34. The Morgan fingerprint density at radius 2 is 1.56 bits per heavy atom. The first-order valence-electron chi connectivity index (χ1n) is 5.97. The van der Waals surface area contributed by atoms with Gasteiger partial charge >= 0.3 is 0 Å². The van der Waals surface area contributed by atoms with E-state index in [0.717, 1.165) is 5.76 Å². The fraction of sp³-hybridized carbons (Fsp3) is 0.714. The summed E-state index contributed by atoms with van der Waals surface area (Å²) in [6.45, 7) is 21.5. The summed E-state index contributed by atoms with van der Waals surface area (Å²) in [5.41, 5.74) is -0.0791. The van der Waals surface area contributed by atoms with Crippen molar-refractivity contribution in [3.8, 4) is 0 Å². The van der Waals surface area contributed by atoms with E-state index in [1.165, 1.54) is 0 Å². The van der Waals surface area contributed by atoms with Gasteiger partial charge in [-0.15, -0.1) is 6.58 Å². The van der Waals surface area contributed by atoms with Crippen molar-refractivity contribution < 1.29 is 4.43 Å². The molecule has 0 atom stereocenters. The monoisotopic (exact) mass is 240 g/mol. The Bertz CT molecular complexity index is 280. The van der Waals surface area contributed by atoms with Crippen LogP contribution >= 0.6 is 0 Å². The third-order valence-electron chi connectivity index (χ3n) is 3.58. The predicted octanol–water partition coefficient (Wildman–Crippen LogP) is 5.12. The summed E-state index contributed by atoms with van der Waals surface area (Å²) in [5, 5.41) is 0.235. The van der Waals surface area contributed by atoms with Crippen molar-refractivity contribution in [3.05, 3.63) is 24.5 Å². The van der Waals surface area contributed by atoms with E-state index in [1.54, 1.807) is 0 Å². The first kappa shape index (κ1) is 15.5. The van der Waals surface area contributed by atoms with Crippen LogP contribution in [0.3, 0.4) is 0 Å². The van der Waals surface area contributed by atoms with Crippen LogP contribution in [-0.2, 0) is 4.43 Å². The van der Waals surface area contributed by atoms with E-state index < -0.39 is 8.32 Å². The van der Waals surface area contributed by atoms with Crippen molar-refractivity contribution >= 4 is 8.32 Å². The zero-order chi connectivity index (χ0) is 13.2. The summed E-state index contributed by atoms with van der Waals surface area (Å²) in [5.74, 6) is 1.05. The molecule has 0 aromatic carbocycles. The fourth-order valence-electron chi connectivity index (χ4n) is 1.09. The molecule has 0 heterocycles. The van der Waals surface area contributed by atoms with E-state index in [4.69, 9.17) is 4.43 Å². The normalized spacial score (nSPS) is 14.9. The molecule has 0 spiro atoms. The van der Waals surface area contributed by atoms with Crippen LogP contribution in [0.2, 0.25) is 18.1 Å². The molecule has 0 rings (SSSR count). The number of hydrogen-bond donors (Lipinski definition) is 0. The summed E-state index contributed by atoms with van der Waals surface area (Å²) >= 11 is 0. The molecule has 0 aliphatic heterocycles. The molecule has 0 fully saturated rings. The quantitative estimate of drug-likeness (QED) is 0.376. The van der Waals surface area contributed by atoms with Crippen LogP contribution in [0.4, 0.5) is 0 Å². The van der Waals surface area contributed by atoms with Crippen LogP contribution in [0.1, 0.15) is 41.5 Å². The van der Waals surface area contributed by atoms with Gasteiger partial charge in [-0.1, -0.05) is 32.9 Å². The summed E-state index contributed by atoms with van der Waals surface area (Å²) in [6.07, 6.45) is 4.03. The van der Waals surface area contributed by atoms with Crippen LogP contribution in [-0.4, -0.2) is 8.32 Å². The van der Waals surface area contributed by atoms with Gasteiger partial charge < -0.3 is 4.43 Å². The molecule has 0 aliphatic carbocycles. The minimum atomic E-state index is -1.73. The molecule has 0 N–H and O–H groups in total. The SMILES string of the molecule is C=CC(C)(C)/C(=C/C)O[Si](C)(C)C(C)(C)C. The molecule has 0 radical (unpaired) electrons. The second-order valence-corrected chi connectivity index (χ2v) is 11.2. The van der Waals surface area contributed by atoms with Crippen molar-refractivity contribution in [3.63, 3.8) is 0 Å². The minimum absolute atomic E-state index is 0.0791. The van der Waals surface area contributed by atoms with Gasteiger partial charge in [-0.05, 0) is 38.9 Å². The molecular weight excluding hydrogens is 212 g/mol. The van der Waals surface area contributed by atoms with Gasteiger partial charge in [0.25, 0.3) is 0 Å². The Morgan fingerprint density at radius 1 is 1.12 bits per heavy atom. The molecule has 0 aromatic rings. The molecule has 16 heavy (non-hydrogen) atoms. The van der Waals surface area contributed by atoms with Gasteiger partial charge in [-0.2, -0.15) is 0 Å². The van der Waals surface area contributed by atoms with E-state index in [2.05, 4.69) is 60.4 Å². The first-order valence-corrected chi connectivity index (χ1v) is 8.88. The largest absolute Gasteiger partial charge is 0.546 e. The number of hydrogen-bond acceptors (Lipinski definition) is 1. The highest BCUT2D eigenvalue weighted by Crippen LogP contribution is 2.41. The molecule has 0 amide bonds. The van der Waals surface area contributed by atoms with E-state index in [-0.39, 0.29) is 10.5 Å². The minimum Gasteiger partial charge on any atom is -0.546 e. The topological polar surface area (TPSA) is 9.23 Å². The Labute approximate surface area is 103 Å². The molecule has 0 aromatic heterocycles. The van der Waals surface area contributed by atoms with Crippen molar-refractivity contribution in [2.24, 2.45) is 5.41 Å². The molecular formula is C14H28OSi. The van der Waals surface area contributed by atoms with E-state index >= 15 is 0 Å². The van der Waals surface area contributed by atoms with E-state index in [9.17, 15) is 0 Å². The second kappa shape index (κ2) is 4.78. The number of rotatable bonds is 4. The van der Waals surface area contributed by atoms with Crippen LogP contribution in [0, 0.1) is 5.41 Å². The highest BCUT2D eigenvalue weighted by Gasteiger charge is 2.40. The Hall–Kier alpha value is -0.503. The fourth-order valence-corrected chi connectivity index (χ4v) is 2.33. The third-order valence-corrected chi connectivity index (χ3v) is 7.92. The molecule has 0 saturated heterocycles. The van der Waals surface area contributed by atoms with Crippen LogP contribution in [0.15, 0.2) is 24.5 Å². The summed E-state index contributed by atoms with van der Waals surface area (Å²) in [6, 6.07) is 0. The van der Waals surface area contributed by atoms with Gasteiger partial charge in [-0.25, -0.2) is 0 Å². The molecule has 0 unspecified atom stereocenters. The lowest BCUT2D eigenvalue weighted by Crippen LogP contribution is -2.42. The summed E-state index contributed by atoms with van der Waals surface area (Å²) in [4.78, 5) is 0. The number of allylic oxidation sites excluding steroid dienone is 2. The zero-order valence-electron chi connectivity index (χ0n) is 12.3. The van der Waals surface area contributed by atoms with Crippen molar-refractivity contribution in [2.75, 3.05) is 0 Å². The molecule has 0 saturated carbocycles. The van der Waals surface area contributed by atoms with Crippen LogP contribution < -0.4 is 0 Å². The van der Waals surface area contributed by atoms with E-state index in [0.29, 0.717) is 0 Å². The van der Waals surface area contributed by atoms with Gasteiger partial charge in [0, 0.05) is 5.41 Å². The molecule has 2 heteroatoms. The van der Waals surface area contributed by atoms with Crippen LogP contribution in [0.25, 0.3) is 0 Å². The molecule has 94 valence electrons. The Morgan fingerprint density at radius 3 is 1.81 bits per heavy atom. The van der Waals surface area contributed by atoms with Crippen molar-refractivity contribution in [2.45, 2.75) is 59.7 Å². The lowest BCUT2D eigenvalue weighted by atomic mass is 9.91. The molecule has 0 bridgehead atoms. The van der Waals surface area contributed by atoms with Crippen molar-refractivity contribution in [1.29, 1.82) is 0 Å². The lowest BCUT2D eigenvalue weighted by Gasteiger charge is -2.40. The lowest BCUT2D eigenvalue weighted by molar-refractivity contribution is 0.296. The van der Waals surface area contributed by atoms with Gasteiger partial charge in [0.05, 0.1) is 5.76 Å². The van der Waals surface area contributed by atoms with E-state index in [1.807, 2.05) is 13.0 Å². The second-order valence-electron chi connectivity index (χ2n) is 6.44. The average molecular weight is 240 g/mol. The predicted molar refractivity (Wildman–Crippen MR) is 76.0 cm³/mol. The van der Waals surface area contributed by atoms with Crippen molar-refractivity contribution in [1.82, 2.24) is 0 Å². The van der Waals surface area contributed by atoms with Gasteiger partial charge in [0.15, 0.2) is 0 Å². The zero-order valence-corrected chi connectivity index (χ0v) is 13.3. The Kier molecular flexibility index (Phi) is 4.63. The van der Waals surface area contributed by atoms with Crippen LogP contribution in [0.5, 0.6) is 0 Å². The Balaban J connectivity index is 5.05. The van der Waals surface area contributed by atoms with Gasteiger partial charge in [-0.3, -0.25) is 0 Å². The average Bonchev–Trinajstić information content (AvgIpc) is 2.12. The highest BCUT2D eigenvalue weighted by molar-refractivity contribution is 6.74. The standard InChI is InChI=1S/C14H28OSi/c1-10-12(14(6,7)11-2)15-16(8,9)13(3,4)5/h10-11H,2H2,1,3-9H3/b12-10-. The maximum Gasteiger partial charge on any atom is 0.250 e. The maximum absolute atomic E-state index is 6.34. The van der Waals surface area contributed by atoms with Gasteiger partial charge in [0.2, 0.25) is 8.32 Å². The first-order chi connectivity index (χ1) is 6.98. The molecule has 1 nitrogen and oxygen atoms in total. The van der Waals surface area contributed by atoms with Gasteiger partial charge in [0.1, 0.15) is 0 Å². The molecule has 0 aliphatic rings.